The normalized spacial score (nSPS) is 21.4. The van der Waals surface area contributed by atoms with Gasteiger partial charge in [-0.15, -0.1) is 0 Å². The minimum absolute atomic E-state index is 0.0132. The van der Waals surface area contributed by atoms with Crippen LogP contribution in [0.4, 0.5) is 0 Å². The van der Waals surface area contributed by atoms with E-state index in [1.165, 1.54) is 0 Å². The maximum atomic E-state index is 5.93. The highest BCUT2D eigenvalue weighted by Crippen LogP contribution is 2.31. The third kappa shape index (κ3) is 3.86. The van der Waals surface area contributed by atoms with Crippen LogP contribution in [0.2, 0.25) is 0 Å². The van der Waals surface area contributed by atoms with E-state index in [4.69, 9.17) is 14.2 Å². The molecule has 0 aromatic heterocycles. The number of methoxy groups -OCH3 is 1. The second-order valence-corrected chi connectivity index (χ2v) is 6.02. The molecular formula is C15H21BrO3. The van der Waals surface area contributed by atoms with E-state index in [1.54, 1.807) is 7.11 Å². The zero-order valence-electron chi connectivity index (χ0n) is 11.7. The summed E-state index contributed by atoms with van der Waals surface area (Å²) in [5.74, 6) is 1.68. The first-order chi connectivity index (χ1) is 9.04. The van der Waals surface area contributed by atoms with Crippen LogP contribution in [0.25, 0.3) is 0 Å². The highest BCUT2D eigenvalue weighted by Gasteiger charge is 2.32. The Morgan fingerprint density at radius 3 is 2.79 bits per heavy atom. The van der Waals surface area contributed by atoms with Gasteiger partial charge in [0.15, 0.2) is 0 Å². The molecule has 1 aromatic rings. The Morgan fingerprint density at radius 1 is 1.42 bits per heavy atom. The minimum atomic E-state index is -0.0132. The van der Waals surface area contributed by atoms with Crippen LogP contribution in [0.15, 0.2) is 18.2 Å². The van der Waals surface area contributed by atoms with Gasteiger partial charge < -0.3 is 14.2 Å². The van der Waals surface area contributed by atoms with Crippen molar-refractivity contribution in [3.63, 3.8) is 0 Å². The largest absolute Gasteiger partial charge is 0.497 e. The molecule has 2 rings (SSSR count). The molecule has 0 radical (unpaired) electrons. The Morgan fingerprint density at radius 2 is 2.21 bits per heavy atom. The molecule has 106 valence electrons. The third-order valence-electron chi connectivity index (χ3n) is 3.40. The van der Waals surface area contributed by atoms with Gasteiger partial charge in [-0.2, -0.15) is 0 Å². The number of alkyl halides is 1. The molecular weight excluding hydrogens is 308 g/mol. The summed E-state index contributed by atoms with van der Waals surface area (Å²) in [5, 5.41) is 0.767. The molecule has 1 aliphatic rings. The standard InChI is InChI=1S/C15H21BrO3/c1-15(2)7-6-13(19-15)10-18-14-8-12(17-3)5-4-11(14)9-16/h4-5,8,13H,6-7,9-10H2,1-3H3. The maximum absolute atomic E-state index is 5.93. The lowest BCUT2D eigenvalue weighted by atomic mass is 10.1. The highest BCUT2D eigenvalue weighted by molar-refractivity contribution is 9.08. The monoisotopic (exact) mass is 328 g/mol. The Labute approximate surface area is 123 Å². The zero-order chi connectivity index (χ0) is 13.9. The summed E-state index contributed by atoms with van der Waals surface area (Å²) in [5.41, 5.74) is 1.11. The van der Waals surface area contributed by atoms with Gasteiger partial charge in [0, 0.05) is 17.0 Å². The summed E-state index contributed by atoms with van der Waals surface area (Å²) in [6, 6.07) is 5.89. The molecule has 19 heavy (non-hydrogen) atoms. The van der Waals surface area contributed by atoms with E-state index in [-0.39, 0.29) is 11.7 Å². The van der Waals surface area contributed by atoms with Crippen LogP contribution in [0.5, 0.6) is 11.5 Å². The van der Waals surface area contributed by atoms with Crippen molar-refractivity contribution in [2.24, 2.45) is 0 Å². The fourth-order valence-electron chi connectivity index (χ4n) is 2.28. The molecule has 0 amide bonds. The Kier molecular flexibility index (Phi) is 4.74. The first kappa shape index (κ1) is 14.7. The number of hydrogen-bond acceptors (Lipinski definition) is 3. The molecule has 0 aliphatic carbocycles. The van der Waals surface area contributed by atoms with Crippen LogP contribution >= 0.6 is 15.9 Å². The van der Waals surface area contributed by atoms with Crippen LogP contribution in [-0.2, 0) is 10.1 Å². The summed E-state index contributed by atoms with van der Waals surface area (Å²) in [4.78, 5) is 0. The Balaban J connectivity index is 1.98. The first-order valence-corrected chi connectivity index (χ1v) is 7.70. The molecule has 0 saturated carbocycles. The lowest BCUT2D eigenvalue weighted by Crippen LogP contribution is -2.24. The van der Waals surface area contributed by atoms with E-state index in [2.05, 4.69) is 29.8 Å². The van der Waals surface area contributed by atoms with E-state index in [1.807, 2.05) is 18.2 Å². The lowest BCUT2D eigenvalue weighted by Gasteiger charge is -2.20. The van der Waals surface area contributed by atoms with Gasteiger partial charge in [0.1, 0.15) is 18.1 Å². The van der Waals surface area contributed by atoms with Crippen molar-refractivity contribution in [2.75, 3.05) is 13.7 Å². The average Bonchev–Trinajstić information content (AvgIpc) is 2.75. The second kappa shape index (κ2) is 6.14. The third-order valence-corrected chi connectivity index (χ3v) is 4.00. The van der Waals surface area contributed by atoms with Crippen molar-refractivity contribution in [3.05, 3.63) is 23.8 Å². The van der Waals surface area contributed by atoms with Crippen molar-refractivity contribution in [1.82, 2.24) is 0 Å². The summed E-state index contributed by atoms with van der Waals surface area (Å²) < 4.78 is 17.1. The Hall–Kier alpha value is -0.740. The number of halogens is 1. The van der Waals surface area contributed by atoms with Crippen LogP contribution in [0.3, 0.4) is 0 Å². The summed E-state index contributed by atoms with van der Waals surface area (Å²) >= 11 is 3.47. The van der Waals surface area contributed by atoms with Crippen LogP contribution in [-0.4, -0.2) is 25.4 Å². The lowest BCUT2D eigenvalue weighted by molar-refractivity contribution is -0.0327. The molecule has 0 N–H and O–H groups in total. The predicted octanol–water partition coefficient (Wildman–Crippen LogP) is 3.93. The molecule has 1 heterocycles. The molecule has 1 atom stereocenters. The van der Waals surface area contributed by atoms with Gasteiger partial charge in [-0.1, -0.05) is 22.0 Å². The van der Waals surface area contributed by atoms with E-state index in [9.17, 15) is 0 Å². The van der Waals surface area contributed by atoms with Crippen LogP contribution in [0.1, 0.15) is 32.3 Å². The van der Waals surface area contributed by atoms with Crippen LogP contribution < -0.4 is 9.47 Å². The number of ether oxygens (including phenoxy) is 3. The first-order valence-electron chi connectivity index (χ1n) is 6.57. The number of hydrogen-bond donors (Lipinski definition) is 0. The molecule has 1 aliphatic heterocycles. The van der Waals surface area contributed by atoms with Gasteiger partial charge in [-0.05, 0) is 32.8 Å². The molecule has 1 saturated heterocycles. The smallest absolute Gasteiger partial charge is 0.127 e. The zero-order valence-corrected chi connectivity index (χ0v) is 13.3. The average molecular weight is 329 g/mol. The van der Waals surface area contributed by atoms with E-state index in [0.29, 0.717) is 6.61 Å². The summed E-state index contributed by atoms with van der Waals surface area (Å²) in [6.07, 6.45) is 2.33. The van der Waals surface area contributed by atoms with Crippen LogP contribution in [0, 0.1) is 0 Å². The topological polar surface area (TPSA) is 27.7 Å². The van der Waals surface area contributed by atoms with Gasteiger partial charge in [-0.25, -0.2) is 0 Å². The second-order valence-electron chi connectivity index (χ2n) is 5.46. The fraction of sp³-hybridized carbons (Fsp3) is 0.600. The maximum Gasteiger partial charge on any atom is 0.127 e. The van der Waals surface area contributed by atoms with E-state index in [0.717, 1.165) is 35.2 Å². The van der Waals surface area contributed by atoms with Crippen molar-refractivity contribution in [1.29, 1.82) is 0 Å². The summed E-state index contributed by atoms with van der Waals surface area (Å²) in [6.45, 7) is 4.85. The van der Waals surface area contributed by atoms with Crippen molar-refractivity contribution in [2.45, 2.75) is 43.7 Å². The van der Waals surface area contributed by atoms with Gasteiger partial charge >= 0.3 is 0 Å². The molecule has 3 nitrogen and oxygen atoms in total. The van der Waals surface area contributed by atoms with Crippen molar-refractivity contribution >= 4 is 15.9 Å². The van der Waals surface area contributed by atoms with Gasteiger partial charge in [0.25, 0.3) is 0 Å². The van der Waals surface area contributed by atoms with Crippen molar-refractivity contribution < 1.29 is 14.2 Å². The van der Waals surface area contributed by atoms with Crippen molar-refractivity contribution in [3.8, 4) is 11.5 Å². The number of benzene rings is 1. The van der Waals surface area contributed by atoms with E-state index >= 15 is 0 Å². The minimum Gasteiger partial charge on any atom is -0.497 e. The quantitative estimate of drug-likeness (QED) is 0.766. The van der Waals surface area contributed by atoms with Gasteiger partial charge in [0.05, 0.1) is 18.8 Å². The molecule has 1 aromatic carbocycles. The van der Waals surface area contributed by atoms with Gasteiger partial charge in [0.2, 0.25) is 0 Å². The van der Waals surface area contributed by atoms with Gasteiger partial charge in [-0.3, -0.25) is 0 Å². The highest BCUT2D eigenvalue weighted by atomic mass is 79.9. The molecule has 0 bridgehead atoms. The molecule has 1 unspecified atom stereocenters. The van der Waals surface area contributed by atoms with E-state index < -0.39 is 0 Å². The Bertz CT molecular complexity index is 431. The number of rotatable bonds is 5. The fourth-order valence-corrected chi connectivity index (χ4v) is 2.75. The molecule has 4 heteroatoms. The molecule has 0 spiro atoms. The predicted molar refractivity (Wildman–Crippen MR) is 79.3 cm³/mol. The molecule has 1 fully saturated rings. The summed E-state index contributed by atoms with van der Waals surface area (Å²) in [7, 11) is 1.66. The SMILES string of the molecule is COc1ccc(CBr)c(OCC2CCC(C)(C)O2)c1.